The van der Waals surface area contributed by atoms with E-state index in [0.29, 0.717) is 10.0 Å². The molecule has 0 aliphatic carbocycles. The van der Waals surface area contributed by atoms with Crippen LogP contribution < -0.4 is 0 Å². The summed E-state index contributed by atoms with van der Waals surface area (Å²) in [6.45, 7) is 2.14. The Labute approximate surface area is 128 Å². The Hall–Kier alpha value is -0.700. The molecule has 0 N–H and O–H groups in total. The molecule has 0 bridgehead atoms. The van der Waals surface area contributed by atoms with Crippen LogP contribution in [0.1, 0.15) is 36.7 Å². The maximum atomic E-state index is 6.62. The summed E-state index contributed by atoms with van der Waals surface area (Å²) in [6, 6.07) is 5.56. The minimum absolute atomic E-state index is 0.132. The molecule has 102 valence electrons. The maximum Gasteiger partial charge on any atom is 0.0949 e. The van der Waals surface area contributed by atoms with Gasteiger partial charge in [-0.2, -0.15) is 0 Å². The van der Waals surface area contributed by atoms with E-state index in [1.165, 1.54) is 0 Å². The zero-order chi connectivity index (χ0) is 13.8. The van der Waals surface area contributed by atoms with Crippen LogP contribution >= 0.6 is 34.8 Å². The van der Waals surface area contributed by atoms with Crippen molar-refractivity contribution in [3.05, 3.63) is 52.5 Å². The summed E-state index contributed by atoms with van der Waals surface area (Å²) in [7, 11) is 0. The van der Waals surface area contributed by atoms with Crippen molar-refractivity contribution in [1.29, 1.82) is 0 Å². The molecule has 0 amide bonds. The Kier molecular flexibility index (Phi) is 5.14. The summed E-state index contributed by atoms with van der Waals surface area (Å²) >= 11 is 18.8. The van der Waals surface area contributed by atoms with Crippen LogP contribution in [0.15, 0.2) is 36.9 Å². The van der Waals surface area contributed by atoms with Crippen LogP contribution in [0.5, 0.6) is 0 Å². The summed E-state index contributed by atoms with van der Waals surface area (Å²) in [5.74, 6) is 0. The predicted molar refractivity (Wildman–Crippen MR) is 81.2 cm³/mol. The second-order valence-electron chi connectivity index (χ2n) is 4.43. The largest absolute Gasteiger partial charge is 0.333 e. The third-order valence-electron chi connectivity index (χ3n) is 3.09. The van der Waals surface area contributed by atoms with Gasteiger partial charge < -0.3 is 4.57 Å². The molecule has 2 unspecified atom stereocenters. The average molecular weight is 318 g/mol. The molecule has 0 aliphatic rings. The van der Waals surface area contributed by atoms with Crippen molar-refractivity contribution < 1.29 is 0 Å². The zero-order valence-electron chi connectivity index (χ0n) is 10.6. The van der Waals surface area contributed by atoms with Crippen molar-refractivity contribution >= 4 is 34.8 Å². The van der Waals surface area contributed by atoms with Crippen molar-refractivity contribution in [2.45, 2.75) is 31.2 Å². The van der Waals surface area contributed by atoms with Crippen molar-refractivity contribution in [3.63, 3.8) is 0 Å². The summed E-state index contributed by atoms with van der Waals surface area (Å²) in [5.41, 5.74) is 0.903. The monoisotopic (exact) mass is 316 g/mol. The molecule has 0 saturated carbocycles. The molecule has 2 atom stereocenters. The summed E-state index contributed by atoms with van der Waals surface area (Å²) in [5, 5.41) is 1.01. The topological polar surface area (TPSA) is 17.8 Å². The van der Waals surface area contributed by atoms with Crippen molar-refractivity contribution in [2.24, 2.45) is 0 Å². The quantitative estimate of drug-likeness (QED) is 0.665. The van der Waals surface area contributed by atoms with Crippen molar-refractivity contribution in [3.8, 4) is 0 Å². The second kappa shape index (κ2) is 6.65. The lowest BCUT2D eigenvalue weighted by Crippen LogP contribution is -2.13. The molecule has 2 aromatic rings. The van der Waals surface area contributed by atoms with Crippen LogP contribution in [-0.4, -0.2) is 9.55 Å². The molecule has 1 aromatic heterocycles. The van der Waals surface area contributed by atoms with Gasteiger partial charge in [0.15, 0.2) is 0 Å². The first-order valence-corrected chi connectivity index (χ1v) is 7.39. The number of hydrogen-bond donors (Lipinski definition) is 0. The van der Waals surface area contributed by atoms with Crippen LogP contribution in [0, 0.1) is 0 Å². The van der Waals surface area contributed by atoms with Crippen LogP contribution in [0.2, 0.25) is 10.0 Å². The van der Waals surface area contributed by atoms with E-state index in [-0.39, 0.29) is 11.4 Å². The Morgan fingerprint density at radius 3 is 2.68 bits per heavy atom. The summed E-state index contributed by atoms with van der Waals surface area (Å²) < 4.78 is 2.03. The average Bonchev–Trinajstić information content (AvgIpc) is 2.89. The van der Waals surface area contributed by atoms with Gasteiger partial charge in [0.05, 0.1) is 17.7 Å². The fourth-order valence-corrected chi connectivity index (χ4v) is 3.17. The van der Waals surface area contributed by atoms with Crippen LogP contribution in [-0.2, 0) is 0 Å². The van der Waals surface area contributed by atoms with Gasteiger partial charge in [0, 0.05) is 22.4 Å². The molecule has 0 spiro atoms. The highest BCUT2D eigenvalue weighted by atomic mass is 35.5. The lowest BCUT2D eigenvalue weighted by Gasteiger charge is -2.24. The molecular weight excluding hydrogens is 303 g/mol. The predicted octanol–water partition coefficient (Wildman–Crippen LogP) is 5.51. The van der Waals surface area contributed by atoms with Gasteiger partial charge in [-0.25, -0.2) is 4.98 Å². The summed E-state index contributed by atoms with van der Waals surface area (Å²) in [4.78, 5) is 4.09. The normalized spacial score (nSPS) is 14.3. The van der Waals surface area contributed by atoms with Gasteiger partial charge >= 0.3 is 0 Å². The van der Waals surface area contributed by atoms with E-state index >= 15 is 0 Å². The highest BCUT2D eigenvalue weighted by molar-refractivity contribution is 6.35. The zero-order valence-corrected chi connectivity index (χ0v) is 12.8. The number of aromatic nitrogens is 2. The van der Waals surface area contributed by atoms with Crippen LogP contribution in [0.25, 0.3) is 0 Å². The second-order valence-corrected chi connectivity index (χ2v) is 5.75. The Balaban J connectivity index is 2.31. The first kappa shape index (κ1) is 14.7. The number of rotatable bonds is 5. The third-order valence-corrected chi connectivity index (χ3v) is 4.18. The minimum Gasteiger partial charge on any atom is -0.333 e. The first-order chi connectivity index (χ1) is 9.13. The third kappa shape index (κ3) is 3.44. The minimum atomic E-state index is -0.209. The van der Waals surface area contributed by atoms with Gasteiger partial charge in [-0.1, -0.05) is 42.6 Å². The first-order valence-electron chi connectivity index (χ1n) is 6.20. The SMILES string of the molecule is CCCC(C(Cl)c1ccc(Cl)cc1Cl)n1ccnc1. The Morgan fingerprint density at radius 2 is 2.11 bits per heavy atom. The van der Waals surface area contributed by atoms with E-state index in [1.807, 2.05) is 22.9 Å². The molecule has 0 fully saturated rings. The fourth-order valence-electron chi connectivity index (χ4n) is 2.14. The number of alkyl halides is 1. The van der Waals surface area contributed by atoms with Gasteiger partial charge in [-0.15, -0.1) is 11.6 Å². The van der Waals surface area contributed by atoms with E-state index in [0.717, 1.165) is 18.4 Å². The highest BCUT2D eigenvalue weighted by Gasteiger charge is 2.23. The van der Waals surface area contributed by atoms with Gasteiger partial charge in [-0.3, -0.25) is 0 Å². The molecule has 0 saturated heterocycles. The van der Waals surface area contributed by atoms with Crippen molar-refractivity contribution in [2.75, 3.05) is 0 Å². The number of benzene rings is 1. The fraction of sp³-hybridized carbons (Fsp3) is 0.357. The molecule has 19 heavy (non-hydrogen) atoms. The number of halogens is 3. The molecule has 2 rings (SSSR count). The van der Waals surface area contributed by atoms with E-state index in [2.05, 4.69) is 11.9 Å². The number of imidazole rings is 1. The van der Waals surface area contributed by atoms with E-state index < -0.39 is 0 Å². The molecule has 0 radical (unpaired) electrons. The highest BCUT2D eigenvalue weighted by Crippen LogP contribution is 2.39. The number of nitrogens with zero attached hydrogens (tertiary/aromatic N) is 2. The molecule has 1 heterocycles. The van der Waals surface area contributed by atoms with Crippen LogP contribution in [0.3, 0.4) is 0 Å². The van der Waals surface area contributed by atoms with Gasteiger partial charge in [0.1, 0.15) is 0 Å². The van der Waals surface area contributed by atoms with Gasteiger partial charge in [0.2, 0.25) is 0 Å². The Morgan fingerprint density at radius 1 is 1.32 bits per heavy atom. The molecule has 2 nitrogen and oxygen atoms in total. The van der Waals surface area contributed by atoms with Gasteiger partial charge in [0.25, 0.3) is 0 Å². The van der Waals surface area contributed by atoms with E-state index in [1.54, 1.807) is 18.6 Å². The van der Waals surface area contributed by atoms with Gasteiger partial charge in [-0.05, 0) is 24.1 Å². The molecule has 0 aliphatic heterocycles. The molecule has 1 aromatic carbocycles. The lowest BCUT2D eigenvalue weighted by molar-refractivity contribution is 0.446. The molecule has 5 heteroatoms. The van der Waals surface area contributed by atoms with E-state index in [9.17, 15) is 0 Å². The van der Waals surface area contributed by atoms with Crippen LogP contribution in [0.4, 0.5) is 0 Å². The summed E-state index contributed by atoms with van der Waals surface area (Å²) in [6.07, 6.45) is 7.48. The smallest absolute Gasteiger partial charge is 0.0949 e. The maximum absolute atomic E-state index is 6.62. The number of hydrogen-bond acceptors (Lipinski definition) is 1. The lowest BCUT2D eigenvalue weighted by atomic mass is 10.0. The van der Waals surface area contributed by atoms with Crippen molar-refractivity contribution in [1.82, 2.24) is 9.55 Å². The standard InChI is InChI=1S/C14H15Cl3N2/c1-2-3-13(19-7-6-18-9-19)14(17)11-5-4-10(15)8-12(11)16/h4-9,13-14H,2-3H2,1H3. The molecular formula is C14H15Cl3N2. The van der Waals surface area contributed by atoms with E-state index in [4.69, 9.17) is 34.8 Å². The Bertz CT molecular complexity index is 525.